The number of hydrogen-bond donors (Lipinski definition) is 0. The number of hydrogen-bond acceptors (Lipinski definition) is 3. The van der Waals surface area contributed by atoms with Crippen LogP contribution in [0.15, 0.2) is 12.1 Å². The van der Waals surface area contributed by atoms with Crippen LogP contribution < -0.4 is 4.90 Å². The van der Waals surface area contributed by atoms with Crippen LogP contribution in [0.5, 0.6) is 0 Å². The zero-order chi connectivity index (χ0) is 14.2. The molecular formula is C12H10ClF2NO2S. The van der Waals surface area contributed by atoms with Gasteiger partial charge in [0.15, 0.2) is 16.7 Å². The minimum Gasteiger partial charge on any atom is -0.310 e. The Balaban J connectivity index is 2.26. The standard InChI is InChI=1S/C12H10ClF2NO2S/c1-6(17)19-7-4-10(18)16(5-7)9-3-2-8(14)12(15)11(9)13/h2-3,7H,4-5H2,1H3. The molecule has 0 N–H and O–H groups in total. The van der Waals surface area contributed by atoms with Crippen LogP contribution in [0.4, 0.5) is 14.5 Å². The average molecular weight is 306 g/mol. The van der Waals surface area contributed by atoms with Crippen molar-refractivity contribution in [1.82, 2.24) is 0 Å². The summed E-state index contributed by atoms with van der Waals surface area (Å²) in [5, 5.41) is -0.688. The first-order chi connectivity index (χ1) is 8.90. The van der Waals surface area contributed by atoms with E-state index in [1.54, 1.807) is 0 Å². The van der Waals surface area contributed by atoms with Crippen LogP contribution in [0.2, 0.25) is 5.02 Å². The second-order valence-electron chi connectivity index (χ2n) is 4.13. The van der Waals surface area contributed by atoms with E-state index < -0.39 is 16.7 Å². The molecule has 0 aromatic heterocycles. The molecule has 7 heteroatoms. The molecule has 1 saturated heterocycles. The quantitative estimate of drug-likeness (QED) is 0.788. The number of carbonyl (C=O) groups is 2. The van der Waals surface area contributed by atoms with Crippen molar-refractivity contribution in [3.05, 3.63) is 28.8 Å². The van der Waals surface area contributed by atoms with Crippen molar-refractivity contribution < 1.29 is 18.4 Å². The highest BCUT2D eigenvalue weighted by atomic mass is 35.5. The van der Waals surface area contributed by atoms with E-state index in [0.29, 0.717) is 0 Å². The van der Waals surface area contributed by atoms with Gasteiger partial charge in [-0.25, -0.2) is 8.78 Å². The summed E-state index contributed by atoms with van der Waals surface area (Å²) in [4.78, 5) is 24.1. The lowest BCUT2D eigenvalue weighted by atomic mass is 10.2. The molecule has 1 aromatic carbocycles. The Labute approximate surface area is 117 Å². The zero-order valence-electron chi connectivity index (χ0n) is 9.95. The van der Waals surface area contributed by atoms with Gasteiger partial charge in [0.2, 0.25) is 5.91 Å². The van der Waals surface area contributed by atoms with Crippen LogP contribution in [-0.2, 0) is 9.59 Å². The molecule has 1 heterocycles. The SMILES string of the molecule is CC(=O)SC1CC(=O)N(c2ccc(F)c(F)c2Cl)C1. The van der Waals surface area contributed by atoms with E-state index in [1.807, 2.05) is 0 Å². The van der Waals surface area contributed by atoms with Gasteiger partial charge in [-0.2, -0.15) is 0 Å². The fourth-order valence-corrected chi connectivity index (χ4v) is 3.12. The maximum atomic E-state index is 13.4. The van der Waals surface area contributed by atoms with Crippen LogP contribution in [0.3, 0.4) is 0 Å². The van der Waals surface area contributed by atoms with Gasteiger partial charge in [0, 0.05) is 25.1 Å². The summed E-state index contributed by atoms with van der Waals surface area (Å²) < 4.78 is 26.4. The van der Waals surface area contributed by atoms with E-state index in [4.69, 9.17) is 11.6 Å². The highest BCUT2D eigenvalue weighted by Crippen LogP contribution is 2.35. The summed E-state index contributed by atoms with van der Waals surface area (Å²) in [5.41, 5.74) is 0.136. The molecule has 2 rings (SSSR count). The van der Waals surface area contributed by atoms with Gasteiger partial charge in [-0.15, -0.1) is 0 Å². The third-order valence-electron chi connectivity index (χ3n) is 2.73. The second kappa shape index (κ2) is 5.46. The van der Waals surface area contributed by atoms with Crippen molar-refractivity contribution in [2.45, 2.75) is 18.6 Å². The lowest BCUT2D eigenvalue weighted by molar-refractivity contribution is -0.117. The lowest BCUT2D eigenvalue weighted by Gasteiger charge is -2.18. The fraction of sp³-hybridized carbons (Fsp3) is 0.333. The molecule has 1 fully saturated rings. The molecule has 0 spiro atoms. The third kappa shape index (κ3) is 2.90. The summed E-state index contributed by atoms with van der Waals surface area (Å²) in [6.45, 7) is 1.68. The molecule has 1 aliphatic rings. The lowest BCUT2D eigenvalue weighted by Crippen LogP contribution is -2.25. The normalized spacial score (nSPS) is 19.1. The van der Waals surface area contributed by atoms with Crippen LogP contribution in [0.1, 0.15) is 13.3 Å². The summed E-state index contributed by atoms with van der Waals surface area (Å²) in [6.07, 6.45) is 0.180. The van der Waals surface area contributed by atoms with Crippen LogP contribution in [0, 0.1) is 11.6 Å². The van der Waals surface area contributed by atoms with E-state index in [-0.39, 0.29) is 34.9 Å². The number of carbonyl (C=O) groups excluding carboxylic acids is 2. The Bertz CT molecular complexity index is 553. The van der Waals surface area contributed by atoms with Crippen molar-refractivity contribution in [2.75, 3.05) is 11.4 Å². The minimum atomic E-state index is -1.17. The molecule has 19 heavy (non-hydrogen) atoms. The number of amides is 1. The van der Waals surface area contributed by atoms with E-state index in [0.717, 1.165) is 17.8 Å². The predicted octanol–water partition coefficient (Wildman–Crippen LogP) is 3.00. The third-order valence-corrected chi connectivity index (χ3v) is 4.07. The highest BCUT2D eigenvalue weighted by molar-refractivity contribution is 8.14. The number of benzene rings is 1. The van der Waals surface area contributed by atoms with Gasteiger partial charge in [0.25, 0.3) is 0 Å². The first kappa shape index (κ1) is 14.3. The van der Waals surface area contributed by atoms with Crippen molar-refractivity contribution in [3.8, 4) is 0 Å². The van der Waals surface area contributed by atoms with Crippen LogP contribution in [-0.4, -0.2) is 22.8 Å². The Hall–Kier alpha value is -1.14. The zero-order valence-corrected chi connectivity index (χ0v) is 11.5. The molecule has 1 aliphatic heterocycles. The molecule has 1 aromatic rings. The first-order valence-corrected chi connectivity index (χ1v) is 6.77. The monoisotopic (exact) mass is 305 g/mol. The summed E-state index contributed by atoms with van der Waals surface area (Å²) in [5.74, 6) is -2.49. The van der Waals surface area contributed by atoms with E-state index in [2.05, 4.69) is 0 Å². The van der Waals surface area contributed by atoms with Crippen molar-refractivity contribution >= 4 is 40.1 Å². The number of thioether (sulfide) groups is 1. The molecule has 1 unspecified atom stereocenters. The summed E-state index contributed by atoms with van der Waals surface area (Å²) >= 11 is 6.78. The van der Waals surface area contributed by atoms with Crippen molar-refractivity contribution in [3.63, 3.8) is 0 Å². The molecule has 3 nitrogen and oxygen atoms in total. The van der Waals surface area contributed by atoms with Crippen molar-refractivity contribution in [1.29, 1.82) is 0 Å². The largest absolute Gasteiger partial charge is 0.310 e. The summed E-state index contributed by atoms with van der Waals surface area (Å²) in [6, 6.07) is 2.19. The van der Waals surface area contributed by atoms with Crippen LogP contribution >= 0.6 is 23.4 Å². The minimum absolute atomic E-state index is 0.0870. The Morgan fingerprint density at radius 1 is 1.47 bits per heavy atom. The molecule has 1 atom stereocenters. The van der Waals surface area contributed by atoms with E-state index in [1.165, 1.54) is 17.9 Å². The van der Waals surface area contributed by atoms with Crippen molar-refractivity contribution in [2.24, 2.45) is 0 Å². The molecule has 1 amide bonds. The molecule has 0 bridgehead atoms. The molecular weight excluding hydrogens is 296 g/mol. The van der Waals surface area contributed by atoms with Gasteiger partial charge in [0.1, 0.15) is 5.02 Å². The maximum Gasteiger partial charge on any atom is 0.228 e. The van der Waals surface area contributed by atoms with Gasteiger partial charge in [-0.1, -0.05) is 23.4 Å². The predicted molar refractivity (Wildman–Crippen MR) is 70.4 cm³/mol. The average Bonchev–Trinajstić information content (AvgIpc) is 2.66. The van der Waals surface area contributed by atoms with Gasteiger partial charge in [0.05, 0.1) is 5.69 Å². The summed E-state index contributed by atoms with van der Waals surface area (Å²) in [7, 11) is 0. The Kier molecular flexibility index (Phi) is 4.10. The number of anilines is 1. The molecule has 0 saturated carbocycles. The van der Waals surface area contributed by atoms with Gasteiger partial charge < -0.3 is 4.90 Å². The highest BCUT2D eigenvalue weighted by Gasteiger charge is 2.33. The van der Waals surface area contributed by atoms with E-state index in [9.17, 15) is 18.4 Å². The number of rotatable bonds is 2. The first-order valence-electron chi connectivity index (χ1n) is 5.51. The number of halogens is 3. The molecule has 0 aliphatic carbocycles. The van der Waals surface area contributed by atoms with E-state index >= 15 is 0 Å². The maximum absolute atomic E-state index is 13.4. The Morgan fingerprint density at radius 3 is 2.79 bits per heavy atom. The second-order valence-corrected chi connectivity index (χ2v) is 5.99. The fourth-order valence-electron chi connectivity index (χ4n) is 1.95. The Morgan fingerprint density at radius 2 is 2.16 bits per heavy atom. The van der Waals surface area contributed by atoms with Gasteiger partial charge >= 0.3 is 0 Å². The van der Waals surface area contributed by atoms with Gasteiger partial charge in [-0.05, 0) is 12.1 Å². The molecule has 0 radical (unpaired) electrons. The topological polar surface area (TPSA) is 37.4 Å². The van der Waals surface area contributed by atoms with Gasteiger partial charge in [-0.3, -0.25) is 9.59 Å². The van der Waals surface area contributed by atoms with Crippen LogP contribution in [0.25, 0.3) is 0 Å². The smallest absolute Gasteiger partial charge is 0.228 e. The number of nitrogens with zero attached hydrogens (tertiary/aromatic N) is 1. The molecule has 102 valence electrons.